The van der Waals surface area contributed by atoms with E-state index in [0.29, 0.717) is 27.8 Å². The van der Waals surface area contributed by atoms with Crippen LogP contribution in [-0.4, -0.2) is 30.4 Å². The topological polar surface area (TPSA) is 86.5 Å². The Balaban J connectivity index is 1.77. The summed E-state index contributed by atoms with van der Waals surface area (Å²) in [6.07, 6.45) is 3.05. The van der Waals surface area contributed by atoms with Crippen LogP contribution in [0.15, 0.2) is 53.2 Å². The van der Waals surface area contributed by atoms with Gasteiger partial charge in [0.2, 0.25) is 11.7 Å². The fourth-order valence-corrected chi connectivity index (χ4v) is 2.47. The van der Waals surface area contributed by atoms with Crippen LogP contribution in [0.4, 0.5) is 5.82 Å². The predicted octanol–water partition coefficient (Wildman–Crippen LogP) is 4.06. The van der Waals surface area contributed by atoms with Crippen molar-refractivity contribution in [3.05, 3.63) is 59.1 Å². The Bertz CT molecular complexity index is 967. The molecule has 0 aliphatic heterocycles. The second kappa shape index (κ2) is 8.37. The van der Waals surface area contributed by atoms with Crippen LogP contribution in [0.3, 0.4) is 0 Å². The van der Waals surface area contributed by atoms with E-state index in [1.165, 1.54) is 13.2 Å². The van der Waals surface area contributed by atoms with Crippen LogP contribution >= 0.6 is 11.6 Å². The van der Waals surface area contributed by atoms with Crippen LogP contribution in [0.25, 0.3) is 17.3 Å². The lowest BCUT2D eigenvalue weighted by Crippen LogP contribution is -2.09. The third kappa shape index (κ3) is 4.45. The van der Waals surface area contributed by atoms with Gasteiger partial charge in [-0.1, -0.05) is 23.7 Å². The minimum absolute atomic E-state index is 0.202. The van der Waals surface area contributed by atoms with Crippen molar-refractivity contribution in [1.82, 2.24) is 10.3 Å². The van der Waals surface area contributed by atoms with Gasteiger partial charge < -0.3 is 14.8 Å². The summed E-state index contributed by atoms with van der Waals surface area (Å²) in [7, 11) is 3.08. The number of hydrogen-bond acceptors (Lipinski definition) is 6. The maximum absolute atomic E-state index is 12.2. The summed E-state index contributed by atoms with van der Waals surface area (Å²) in [5.74, 6) is 0.933. The number of amides is 1. The Morgan fingerprint density at radius 1 is 1.07 bits per heavy atom. The number of methoxy groups -OCH3 is 2. The second-order valence-electron chi connectivity index (χ2n) is 5.41. The Kier molecular flexibility index (Phi) is 5.73. The van der Waals surface area contributed by atoms with Gasteiger partial charge >= 0.3 is 0 Å². The van der Waals surface area contributed by atoms with Gasteiger partial charge in [0.15, 0.2) is 17.2 Å². The summed E-state index contributed by atoms with van der Waals surface area (Å²) in [5, 5.41) is 10.9. The maximum Gasteiger partial charge on any atom is 0.249 e. The molecule has 1 aromatic heterocycles. The van der Waals surface area contributed by atoms with E-state index < -0.39 is 0 Å². The first-order valence-corrected chi connectivity index (χ1v) is 8.28. The van der Waals surface area contributed by atoms with Gasteiger partial charge in [-0.15, -0.1) is 0 Å². The Morgan fingerprint density at radius 3 is 2.52 bits per heavy atom. The lowest BCUT2D eigenvalue weighted by atomic mass is 10.1. The molecule has 138 valence electrons. The first kappa shape index (κ1) is 18.5. The molecule has 8 heteroatoms. The van der Waals surface area contributed by atoms with E-state index in [1.807, 2.05) is 0 Å². The molecule has 3 aromatic rings. The minimum atomic E-state index is -0.373. The van der Waals surface area contributed by atoms with Crippen molar-refractivity contribution >= 4 is 29.4 Å². The van der Waals surface area contributed by atoms with Crippen molar-refractivity contribution in [3.8, 4) is 22.8 Å². The van der Waals surface area contributed by atoms with Crippen molar-refractivity contribution in [1.29, 1.82) is 0 Å². The predicted molar refractivity (Wildman–Crippen MR) is 102 cm³/mol. The third-order valence-electron chi connectivity index (χ3n) is 3.68. The van der Waals surface area contributed by atoms with E-state index in [9.17, 15) is 4.79 Å². The number of aromatic nitrogens is 2. The molecule has 1 N–H and O–H groups in total. The van der Waals surface area contributed by atoms with Gasteiger partial charge in [-0.3, -0.25) is 4.79 Å². The van der Waals surface area contributed by atoms with Gasteiger partial charge in [0.05, 0.1) is 14.2 Å². The number of carbonyl (C=O) groups excluding carboxylic acids is 1. The lowest BCUT2D eigenvalue weighted by Gasteiger charge is -2.08. The molecule has 0 saturated heterocycles. The van der Waals surface area contributed by atoms with Crippen LogP contribution in [0, 0.1) is 0 Å². The van der Waals surface area contributed by atoms with Gasteiger partial charge in [-0.05, 0) is 52.3 Å². The van der Waals surface area contributed by atoms with E-state index in [0.717, 1.165) is 5.56 Å². The van der Waals surface area contributed by atoms with Gasteiger partial charge in [0.25, 0.3) is 0 Å². The Morgan fingerprint density at radius 2 is 1.81 bits per heavy atom. The summed E-state index contributed by atoms with van der Waals surface area (Å²) in [6, 6.07) is 12.3. The molecule has 0 fully saturated rings. The summed E-state index contributed by atoms with van der Waals surface area (Å²) in [4.78, 5) is 12.2. The number of ether oxygens (including phenoxy) is 2. The van der Waals surface area contributed by atoms with Crippen LogP contribution in [0.2, 0.25) is 5.02 Å². The lowest BCUT2D eigenvalue weighted by molar-refractivity contribution is -0.111. The smallest absolute Gasteiger partial charge is 0.249 e. The number of nitrogens with one attached hydrogen (secondary N) is 1. The molecule has 0 saturated carbocycles. The highest BCUT2D eigenvalue weighted by Crippen LogP contribution is 2.33. The second-order valence-corrected chi connectivity index (χ2v) is 5.84. The molecule has 7 nitrogen and oxygen atoms in total. The number of nitrogens with zero attached hydrogens (tertiary/aromatic N) is 2. The maximum atomic E-state index is 12.2. The van der Waals surface area contributed by atoms with Gasteiger partial charge in [0.1, 0.15) is 0 Å². The highest BCUT2D eigenvalue weighted by atomic mass is 35.5. The molecular weight excluding hydrogens is 370 g/mol. The van der Waals surface area contributed by atoms with Gasteiger partial charge in [0, 0.05) is 16.7 Å². The van der Waals surface area contributed by atoms with E-state index >= 15 is 0 Å². The Hall–Kier alpha value is -3.32. The summed E-state index contributed by atoms with van der Waals surface area (Å²) >= 11 is 5.84. The highest BCUT2D eigenvalue weighted by Gasteiger charge is 2.16. The first-order chi connectivity index (χ1) is 13.1. The van der Waals surface area contributed by atoms with Crippen molar-refractivity contribution in [2.45, 2.75) is 0 Å². The number of carbonyl (C=O) groups is 1. The van der Waals surface area contributed by atoms with Crippen molar-refractivity contribution < 1.29 is 18.9 Å². The zero-order valence-corrected chi connectivity index (χ0v) is 15.4. The molecule has 27 heavy (non-hydrogen) atoms. The normalized spacial score (nSPS) is 10.8. The van der Waals surface area contributed by atoms with E-state index in [4.69, 9.17) is 25.7 Å². The van der Waals surface area contributed by atoms with Crippen LogP contribution in [0.5, 0.6) is 11.5 Å². The number of hydrogen-bond donors (Lipinski definition) is 1. The van der Waals surface area contributed by atoms with Gasteiger partial charge in [-0.25, -0.2) is 4.63 Å². The highest BCUT2D eigenvalue weighted by molar-refractivity contribution is 6.30. The average Bonchev–Trinajstić information content (AvgIpc) is 3.15. The zero-order valence-electron chi connectivity index (χ0n) is 14.6. The molecule has 1 amide bonds. The summed E-state index contributed by atoms with van der Waals surface area (Å²) in [6.45, 7) is 0. The largest absolute Gasteiger partial charge is 0.493 e. The molecule has 0 bridgehead atoms. The number of anilines is 1. The van der Waals surface area contributed by atoms with E-state index in [2.05, 4.69) is 15.6 Å². The summed E-state index contributed by atoms with van der Waals surface area (Å²) in [5.41, 5.74) is 1.88. The standard InChI is InChI=1S/C19H16ClN3O4/c1-25-15-9-6-13(11-16(15)26-2)18-19(23-27-22-18)21-17(24)10-5-12-3-7-14(20)8-4-12/h3-11H,1-2H3,(H,21,23,24)/b10-5+. The quantitative estimate of drug-likeness (QED) is 0.644. The number of benzene rings is 2. The van der Waals surface area contributed by atoms with E-state index in [-0.39, 0.29) is 11.7 Å². The van der Waals surface area contributed by atoms with Crippen LogP contribution in [0.1, 0.15) is 5.56 Å². The Labute approximate surface area is 160 Å². The molecule has 0 aliphatic carbocycles. The van der Waals surface area contributed by atoms with Crippen molar-refractivity contribution in [2.24, 2.45) is 0 Å². The number of halogens is 1. The summed E-state index contributed by atoms with van der Waals surface area (Å²) < 4.78 is 15.3. The first-order valence-electron chi connectivity index (χ1n) is 7.90. The molecule has 0 unspecified atom stereocenters. The molecule has 3 rings (SSSR count). The van der Waals surface area contributed by atoms with Crippen molar-refractivity contribution in [2.75, 3.05) is 19.5 Å². The molecule has 0 aliphatic rings. The van der Waals surface area contributed by atoms with Crippen molar-refractivity contribution in [3.63, 3.8) is 0 Å². The zero-order chi connectivity index (χ0) is 19.2. The van der Waals surface area contributed by atoms with Crippen LogP contribution < -0.4 is 14.8 Å². The fraction of sp³-hybridized carbons (Fsp3) is 0.105. The molecule has 0 radical (unpaired) electrons. The third-order valence-corrected chi connectivity index (χ3v) is 3.94. The average molecular weight is 386 g/mol. The molecular formula is C19H16ClN3O4. The minimum Gasteiger partial charge on any atom is -0.493 e. The molecule has 0 atom stereocenters. The molecule has 2 aromatic carbocycles. The van der Waals surface area contributed by atoms with Gasteiger partial charge in [-0.2, -0.15) is 0 Å². The van der Waals surface area contributed by atoms with Crippen LogP contribution in [-0.2, 0) is 4.79 Å². The SMILES string of the molecule is COc1ccc(-c2nonc2NC(=O)/C=C/c2ccc(Cl)cc2)cc1OC. The molecule has 0 spiro atoms. The molecule has 1 heterocycles. The van der Waals surface area contributed by atoms with E-state index in [1.54, 1.807) is 55.7 Å². The monoisotopic (exact) mass is 385 g/mol. The fourth-order valence-electron chi connectivity index (χ4n) is 2.35. The number of rotatable bonds is 6.